The average molecular weight is 332 g/mol. The number of rotatable bonds is 5. The highest BCUT2D eigenvalue weighted by Gasteiger charge is 2.21. The van der Waals surface area contributed by atoms with Gasteiger partial charge >= 0.3 is 0 Å². The van der Waals surface area contributed by atoms with E-state index < -0.39 is 11.7 Å². The van der Waals surface area contributed by atoms with Gasteiger partial charge in [0.1, 0.15) is 11.5 Å². The first-order chi connectivity index (χ1) is 11.4. The molecule has 2 aromatic rings. The van der Waals surface area contributed by atoms with E-state index in [4.69, 9.17) is 0 Å². The van der Waals surface area contributed by atoms with Crippen molar-refractivity contribution in [2.75, 3.05) is 20.6 Å². The van der Waals surface area contributed by atoms with Crippen molar-refractivity contribution in [3.8, 4) is 0 Å². The SMILES string of the molecule is CNC(=O)CN(C)C(=O)/C(=C/c1cccc(F)c1)n1nnnc1C. The van der Waals surface area contributed by atoms with Crippen molar-refractivity contribution in [2.24, 2.45) is 0 Å². The Kier molecular flexibility index (Phi) is 5.35. The second-order valence-electron chi connectivity index (χ2n) is 5.06. The summed E-state index contributed by atoms with van der Waals surface area (Å²) in [6.07, 6.45) is 1.47. The number of nitrogens with zero attached hydrogens (tertiary/aromatic N) is 5. The van der Waals surface area contributed by atoms with Gasteiger partial charge in [0, 0.05) is 14.1 Å². The third-order valence-corrected chi connectivity index (χ3v) is 3.23. The maximum atomic E-state index is 13.4. The molecule has 0 saturated heterocycles. The molecule has 0 aliphatic rings. The predicted octanol–water partition coefficient (Wildman–Crippen LogP) is 0.323. The van der Waals surface area contributed by atoms with Gasteiger partial charge in [0.25, 0.3) is 5.91 Å². The van der Waals surface area contributed by atoms with Crippen LogP contribution < -0.4 is 5.32 Å². The maximum Gasteiger partial charge on any atom is 0.272 e. The first-order valence-corrected chi connectivity index (χ1v) is 7.11. The summed E-state index contributed by atoms with van der Waals surface area (Å²) in [4.78, 5) is 25.4. The Morgan fingerprint density at radius 1 is 1.42 bits per heavy atom. The second kappa shape index (κ2) is 7.44. The van der Waals surface area contributed by atoms with Gasteiger partial charge in [-0.2, -0.15) is 4.68 Å². The third kappa shape index (κ3) is 4.00. The molecule has 8 nitrogen and oxygen atoms in total. The van der Waals surface area contributed by atoms with Crippen molar-refractivity contribution in [1.29, 1.82) is 0 Å². The summed E-state index contributed by atoms with van der Waals surface area (Å²) in [6.45, 7) is 1.50. The lowest BCUT2D eigenvalue weighted by molar-refractivity contribution is -0.130. The van der Waals surface area contributed by atoms with Gasteiger partial charge in [-0.25, -0.2) is 4.39 Å². The molecule has 0 aliphatic carbocycles. The van der Waals surface area contributed by atoms with Gasteiger partial charge in [-0.05, 0) is 41.1 Å². The summed E-state index contributed by atoms with van der Waals surface area (Å²) in [5, 5.41) is 13.5. The number of hydrogen-bond acceptors (Lipinski definition) is 5. The molecule has 2 rings (SSSR count). The molecule has 126 valence electrons. The smallest absolute Gasteiger partial charge is 0.272 e. The molecule has 24 heavy (non-hydrogen) atoms. The fraction of sp³-hybridized carbons (Fsp3) is 0.267. The van der Waals surface area contributed by atoms with Crippen LogP contribution in [0.2, 0.25) is 0 Å². The van der Waals surface area contributed by atoms with Crippen molar-refractivity contribution >= 4 is 23.6 Å². The van der Waals surface area contributed by atoms with Crippen LogP contribution >= 0.6 is 0 Å². The van der Waals surface area contributed by atoms with Crippen LogP contribution in [-0.2, 0) is 9.59 Å². The van der Waals surface area contributed by atoms with E-state index in [1.54, 1.807) is 13.0 Å². The van der Waals surface area contributed by atoms with Crippen LogP contribution in [0.3, 0.4) is 0 Å². The molecule has 0 aliphatic heterocycles. The van der Waals surface area contributed by atoms with Crippen molar-refractivity contribution in [3.63, 3.8) is 0 Å². The molecule has 0 unspecified atom stereocenters. The highest BCUT2D eigenvalue weighted by Crippen LogP contribution is 2.15. The lowest BCUT2D eigenvalue weighted by Gasteiger charge is -2.18. The van der Waals surface area contributed by atoms with Gasteiger partial charge in [-0.15, -0.1) is 5.10 Å². The largest absolute Gasteiger partial charge is 0.358 e. The molecule has 0 atom stereocenters. The van der Waals surface area contributed by atoms with Gasteiger partial charge in [0.2, 0.25) is 5.91 Å². The van der Waals surface area contributed by atoms with E-state index in [1.807, 2.05) is 0 Å². The number of halogens is 1. The van der Waals surface area contributed by atoms with Gasteiger partial charge < -0.3 is 10.2 Å². The maximum absolute atomic E-state index is 13.4. The van der Waals surface area contributed by atoms with Crippen LogP contribution in [0.25, 0.3) is 11.8 Å². The quantitative estimate of drug-likeness (QED) is 0.796. The molecule has 9 heteroatoms. The Hall–Kier alpha value is -3.10. The molecule has 1 aromatic carbocycles. The molecule has 1 heterocycles. The fourth-order valence-electron chi connectivity index (χ4n) is 1.98. The summed E-state index contributed by atoms with van der Waals surface area (Å²) in [5.41, 5.74) is 0.580. The minimum atomic E-state index is -0.474. The van der Waals surface area contributed by atoms with Crippen LogP contribution in [0, 0.1) is 12.7 Å². The Morgan fingerprint density at radius 2 is 2.17 bits per heavy atom. The highest BCUT2D eigenvalue weighted by atomic mass is 19.1. The molecule has 0 saturated carbocycles. The van der Waals surface area contributed by atoms with Crippen molar-refractivity contribution in [3.05, 3.63) is 41.5 Å². The van der Waals surface area contributed by atoms with Crippen molar-refractivity contribution < 1.29 is 14.0 Å². The zero-order chi connectivity index (χ0) is 17.7. The van der Waals surface area contributed by atoms with Gasteiger partial charge in [-0.3, -0.25) is 9.59 Å². The topological polar surface area (TPSA) is 93.0 Å². The number of nitrogens with one attached hydrogen (secondary N) is 1. The number of carbonyl (C=O) groups excluding carboxylic acids is 2. The van der Waals surface area contributed by atoms with E-state index in [2.05, 4.69) is 20.8 Å². The summed E-state index contributed by atoms with van der Waals surface area (Å²) < 4.78 is 14.6. The van der Waals surface area contributed by atoms with E-state index in [-0.39, 0.29) is 18.1 Å². The lowest BCUT2D eigenvalue weighted by Crippen LogP contribution is -2.38. The number of tetrazole rings is 1. The summed E-state index contributed by atoms with van der Waals surface area (Å²) in [6, 6.07) is 5.77. The third-order valence-electron chi connectivity index (χ3n) is 3.23. The van der Waals surface area contributed by atoms with E-state index >= 15 is 0 Å². The molecule has 1 aromatic heterocycles. The molecule has 0 fully saturated rings. The first-order valence-electron chi connectivity index (χ1n) is 7.11. The van der Waals surface area contributed by atoms with Gasteiger partial charge in [0.05, 0.1) is 6.54 Å². The highest BCUT2D eigenvalue weighted by molar-refractivity contribution is 6.18. The second-order valence-corrected chi connectivity index (χ2v) is 5.06. The minimum Gasteiger partial charge on any atom is -0.358 e. The zero-order valence-corrected chi connectivity index (χ0v) is 13.5. The van der Waals surface area contributed by atoms with Crippen molar-refractivity contribution in [2.45, 2.75) is 6.92 Å². The van der Waals surface area contributed by atoms with Crippen LogP contribution in [0.5, 0.6) is 0 Å². The number of benzene rings is 1. The van der Waals surface area contributed by atoms with Gasteiger partial charge in [-0.1, -0.05) is 12.1 Å². The molecular weight excluding hydrogens is 315 g/mol. The number of likely N-dealkylation sites (N-methyl/N-ethyl adjacent to an activating group) is 2. The minimum absolute atomic E-state index is 0.106. The molecule has 0 bridgehead atoms. The van der Waals surface area contributed by atoms with E-state index in [0.717, 1.165) is 0 Å². The van der Waals surface area contributed by atoms with E-state index in [1.165, 1.54) is 48.0 Å². The predicted molar refractivity (Wildman–Crippen MR) is 84.8 cm³/mol. The number of hydrogen-bond donors (Lipinski definition) is 1. The normalized spacial score (nSPS) is 11.2. The molecule has 2 amide bonds. The summed E-state index contributed by atoms with van der Waals surface area (Å²) >= 11 is 0. The van der Waals surface area contributed by atoms with Crippen LogP contribution in [0.1, 0.15) is 11.4 Å². The van der Waals surface area contributed by atoms with E-state index in [9.17, 15) is 14.0 Å². The van der Waals surface area contributed by atoms with E-state index in [0.29, 0.717) is 11.4 Å². The Bertz CT molecular complexity index is 786. The molecule has 1 N–H and O–H groups in total. The molecule has 0 spiro atoms. The first kappa shape index (κ1) is 17.3. The zero-order valence-electron chi connectivity index (χ0n) is 13.5. The number of carbonyl (C=O) groups is 2. The standard InChI is InChI=1S/C15H17FN6O2/c1-10-18-19-20-22(10)13(8-11-5-4-6-12(16)7-11)15(24)21(3)9-14(23)17-2/h4-8H,9H2,1-3H3,(H,17,23)/b13-8-. The average Bonchev–Trinajstić information content (AvgIpc) is 2.97. The Balaban J connectivity index is 2.42. The number of aryl methyl sites for hydroxylation is 1. The number of aromatic nitrogens is 4. The van der Waals surface area contributed by atoms with Crippen molar-refractivity contribution in [1.82, 2.24) is 30.4 Å². The molecule has 0 radical (unpaired) electrons. The Labute approximate surface area is 138 Å². The van der Waals surface area contributed by atoms with Crippen LogP contribution in [0.4, 0.5) is 4.39 Å². The summed E-state index contributed by atoms with van der Waals surface area (Å²) in [7, 11) is 2.96. The van der Waals surface area contributed by atoms with Crippen LogP contribution in [0.15, 0.2) is 24.3 Å². The van der Waals surface area contributed by atoms with Crippen LogP contribution in [-0.4, -0.2) is 57.6 Å². The fourth-order valence-corrected chi connectivity index (χ4v) is 1.98. The number of amides is 2. The Morgan fingerprint density at radius 3 is 2.75 bits per heavy atom. The summed E-state index contributed by atoms with van der Waals surface area (Å²) in [5.74, 6) is -0.829. The monoisotopic (exact) mass is 332 g/mol. The molecular formula is C15H17FN6O2. The lowest BCUT2D eigenvalue weighted by atomic mass is 10.1. The van der Waals surface area contributed by atoms with Gasteiger partial charge in [0.15, 0.2) is 5.82 Å².